The van der Waals surface area contributed by atoms with Gasteiger partial charge in [0.15, 0.2) is 0 Å². The monoisotopic (exact) mass is 377 g/mol. The molecule has 3 aromatic rings. The second-order valence-corrected chi connectivity index (χ2v) is 7.27. The molecule has 0 bridgehead atoms. The van der Waals surface area contributed by atoms with Gasteiger partial charge in [0.25, 0.3) is 5.91 Å². The minimum absolute atomic E-state index is 0.00713. The van der Waals surface area contributed by atoms with Crippen LogP contribution in [0.5, 0.6) is 0 Å². The van der Waals surface area contributed by atoms with E-state index in [4.69, 9.17) is 0 Å². The quantitative estimate of drug-likeness (QED) is 0.676. The van der Waals surface area contributed by atoms with Gasteiger partial charge >= 0.3 is 6.03 Å². The van der Waals surface area contributed by atoms with Crippen LogP contribution in [0, 0.1) is 0 Å². The number of fused-ring (bicyclic) bond motifs is 1. The van der Waals surface area contributed by atoms with E-state index in [-0.39, 0.29) is 11.9 Å². The lowest BCUT2D eigenvalue weighted by molar-refractivity contribution is 0.0985. The van der Waals surface area contributed by atoms with Gasteiger partial charge in [-0.2, -0.15) is 0 Å². The Balaban J connectivity index is 1.51. The molecule has 1 aliphatic rings. The van der Waals surface area contributed by atoms with Crippen LogP contribution in [0.25, 0.3) is 0 Å². The van der Waals surface area contributed by atoms with Crippen molar-refractivity contribution in [3.8, 4) is 0 Å². The van der Waals surface area contributed by atoms with Crippen molar-refractivity contribution >= 4 is 39.7 Å². The lowest BCUT2D eigenvalue weighted by Gasteiger charge is -2.30. The predicted molar refractivity (Wildman–Crippen MR) is 110 cm³/mol. The summed E-state index contributed by atoms with van der Waals surface area (Å²) in [6.07, 6.45) is 1.78. The Kier molecular flexibility index (Phi) is 4.89. The molecule has 2 N–H and O–H groups in total. The first-order valence-corrected chi connectivity index (χ1v) is 9.70. The maximum Gasteiger partial charge on any atom is 0.324 e. The minimum Gasteiger partial charge on any atom is -0.308 e. The highest BCUT2D eigenvalue weighted by atomic mass is 32.1. The summed E-state index contributed by atoms with van der Waals surface area (Å²) in [5.74, 6) is 0.00713. The molecule has 2 heterocycles. The Bertz CT molecular complexity index is 955. The van der Waals surface area contributed by atoms with Crippen LogP contribution in [-0.2, 0) is 6.42 Å². The summed E-state index contributed by atoms with van der Waals surface area (Å²) in [5.41, 5.74) is 3.39. The molecular weight excluding hydrogens is 358 g/mol. The van der Waals surface area contributed by atoms with Gasteiger partial charge < -0.3 is 10.2 Å². The SMILES string of the molecule is O=C(Nc1ccc2c(c1)CCCN2C(=O)c1ccccc1)Nc1cccs1. The van der Waals surface area contributed by atoms with E-state index in [0.29, 0.717) is 12.1 Å². The van der Waals surface area contributed by atoms with Gasteiger partial charge in [-0.25, -0.2) is 4.79 Å². The number of carbonyl (C=O) groups excluding carboxylic acids is 2. The second-order valence-electron chi connectivity index (χ2n) is 6.33. The first kappa shape index (κ1) is 17.3. The van der Waals surface area contributed by atoms with E-state index < -0.39 is 0 Å². The van der Waals surface area contributed by atoms with Crippen LogP contribution in [-0.4, -0.2) is 18.5 Å². The second kappa shape index (κ2) is 7.63. The van der Waals surface area contributed by atoms with E-state index in [1.165, 1.54) is 11.3 Å². The van der Waals surface area contributed by atoms with Crippen LogP contribution >= 0.6 is 11.3 Å². The molecular formula is C21H19N3O2S. The molecule has 27 heavy (non-hydrogen) atoms. The van der Waals surface area contributed by atoms with Crippen molar-refractivity contribution < 1.29 is 9.59 Å². The molecule has 0 radical (unpaired) electrons. The van der Waals surface area contributed by atoms with Crippen molar-refractivity contribution in [1.82, 2.24) is 0 Å². The minimum atomic E-state index is -0.273. The standard InChI is InChI=1S/C21H19N3O2S/c25-20(15-6-2-1-3-7-15)24-12-4-8-16-14-17(10-11-18(16)24)22-21(26)23-19-9-5-13-27-19/h1-3,5-7,9-11,13-14H,4,8,12H2,(H2,22,23,26). The Morgan fingerprint density at radius 1 is 0.963 bits per heavy atom. The highest BCUT2D eigenvalue weighted by Crippen LogP contribution is 2.31. The van der Waals surface area contributed by atoms with Crippen LogP contribution < -0.4 is 15.5 Å². The molecule has 0 unspecified atom stereocenters. The lowest BCUT2D eigenvalue weighted by Crippen LogP contribution is -2.35. The third kappa shape index (κ3) is 3.85. The normalized spacial score (nSPS) is 13.0. The van der Waals surface area contributed by atoms with Crippen molar-refractivity contribution in [1.29, 1.82) is 0 Å². The Hall–Kier alpha value is -3.12. The van der Waals surface area contributed by atoms with Crippen molar-refractivity contribution in [2.24, 2.45) is 0 Å². The molecule has 0 aliphatic carbocycles. The summed E-state index contributed by atoms with van der Waals surface area (Å²) in [6, 6.07) is 18.5. The largest absolute Gasteiger partial charge is 0.324 e. The molecule has 4 rings (SSSR count). The number of benzene rings is 2. The van der Waals surface area contributed by atoms with Crippen LogP contribution in [0.2, 0.25) is 0 Å². The van der Waals surface area contributed by atoms with Crippen molar-refractivity contribution in [2.75, 3.05) is 22.1 Å². The number of nitrogens with one attached hydrogen (secondary N) is 2. The van der Waals surface area contributed by atoms with Crippen molar-refractivity contribution in [2.45, 2.75) is 12.8 Å². The molecule has 1 aromatic heterocycles. The van der Waals surface area contributed by atoms with E-state index in [0.717, 1.165) is 34.8 Å². The van der Waals surface area contributed by atoms with Gasteiger partial charge in [0.1, 0.15) is 0 Å². The highest BCUT2D eigenvalue weighted by molar-refractivity contribution is 7.14. The summed E-state index contributed by atoms with van der Waals surface area (Å²) in [7, 11) is 0. The van der Waals surface area contributed by atoms with Crippen molar-refractivity contribution in [3.63, 3.8) is 0 Å². The molecule has 0 saturated heterocycles. The molecule has 0 fully saturated rings. The van der Waals surface area contributed by atoms with Crippen LogP contribution in [0.3, 0.4) is 0 Å². The Morgan fingerprint density at radius 3 is 2.59 bits per heavy atom. The number of anilines is 3. The zero-order valence-corrected chi connectivity index (χ0v) is 15.5. The molecule has 3 amide bonds. The maximum atomic E-state index is 12.9. The van der Waals surface area contributed by atoms with Gasteiger partial charge in [-0.05, 0) is 66.2 Å². The number of thiophene rings is 1. The molecule has 2 aromatic carbocycles. The fraction of sp³-hybridized carbons (Fsp3) is 0.143. The lowest BCUT2D eigenvalue weighted by atomic mass is 10.00. The van der Waals surface area contributed by atoms with Gasteiger partial charge in [0.2, 0.25) is 0 Å². The average Bonchev–Trinajstić information content (AvgIpc) is 3.20. The number of hydrogen-bond acceptors (Lipinski definition) is 3. The molecule has 1 aliphatic heterocycles. The number of hydrogen-bond donors (Lipinski definition) is 2. The zero-order chi connectivity index (χ0) is 18.6. The van der Waals surface area contributed by atoms with Gasteiger partial charge in [-0.3, -0.25) is 10.1 Å². The van der Waals surface area contributed by atoms with Crippen LogP contribution in [0.1, 0.15) is 22.3 Å². The first-order valence-electron chi connectivity index (χ1n) is 8.82. The predicted octanol–water partition coefficient (Wildman–Crippen LogP) is 4.99. The fourth-order valence-electron chi connectivity index (χ4n) is 3.25. The third-order valence-corrected chi connectivity index (χ3v) is 5.27. The smallest absolute Gasteiger partial charge is 0.308 e. The van der Waals surface area contributed by atoms with Gasteiger partial charge in [0, 0.05) is 23.5 Å². The van der Waals surface area contributed by atoms with Gasteiger partial charge in [-0.1, -0.05) is 18.2 Å². The summed E-state index contributed by atoms with van der Waals surface area (Å²) >= 11 is 1.47. The van der Waals surface area contributed by atoms with E-state index in [1.54, 1.807) is 0 Å². The molecule has 6 heteroatoms. The average molecular weight is 377 g/mol. The summed E-state index contributed by atoms with van der Waals surface area (Å²) < 4.78 is 0. The van der Waals surface area contributed by atoms with E-state index in [9.17, 15) is 9.59 Å². The number of rotatable bonds is 3. The fourth-order valence-corrected chi connectivity index (χ4v) is 3.86. The molecule has 136 valence electrons. The van der Waals surface area contributed by atoms with E-state index >= 15 is 0 Å². The molecule has 0 atom stereocenters. The molecule has 5 nitrogen and oxygen atoms in total. The molecule has 0 spiro atoms. The summed E-state index contributed by atoms with van der Waals surface area (Å²) in [6.45, 7) is 0.701. The maximum absolute atomic E-state index is 12.9. The third-order valence-electron chi connectivity index (χ3n) is 4.48. The first-order chi connectivity index (χ1) is 13.2. The van der Waals surface area contributed by atoms with Crippen LogP contribution in [0.4, 0.5) is 21.2 Å². The van der Waals surface area contributed by atoms with Gasteiger partial charge in [-0.15, -0.1) is 11.3 Å². The van der Waals surface area contributed by atoms with E-state index in [1.807, 2.05) is 70.9 Å². The number of nitrogens with zero attached hydrogens (tertiary/aromatic N) is 1. The Morgan fingerprint density at radius 2 is 1.81 bits per heavy atom. The number of carbonyl (C=O) groups is 2. The van der Waals surface area contributed by atoms with Crippen molar-refractivity contribution in [3.05, 3.63) is 77.2 Å². The highest BCUT2D eigenvalue weighted by Gasteiger charge is 2.23. The number of aryl methyl sites for hydroxylation is 1. The summed E-state index contributed by atoms with van der Waals surface area (Å²) in [5, 5.41) is 8.37. The molecule has 0 saturated carbocycles. The number of urea groups is 1. The number of amides is 3. The van der Waals surface area contributed by atoms with Crippen LogP contribution in [0.15, 0.2) is 66.0 Å². The topological polar surface area (TPSA) is 61.4 Å². The van der Waals surface area contributed by atoms with Gasteiger partial charge in [0.05, 0.1) is 5.00 Å². The Labute approximate surface area is 161 Å². The van der Waals surface area contributed by atoms with E-state index in [2.05, 4.69) is 10.6 Å². The summed E-state index contributed by atoms with van der Waals surface area (Å²) in [4.78, 5) is 26.8. The zero-order valence-electron chi connectivity index (χ0n) is 14.6.